The van der Waals surface area contributed by atoms with Gasteiger partial charge >= 0.3 is 6.03 Å². The Morgan fingerprint density at radius 1 is 1.23 bits per heavy atom. The molecule has 1 saturated heterocycles. The van der Waals surface area contributed by atoms with E-state index >= 15 is 0 Å². The van der Waals surface area contributed by atoms with Crippen LogP contribution in [0.3, 0.4) is 0 Å². The molecule has 1 N–H and O–H groups in total. The summed E-state index contributed by atoms with van der Waals surface area (Å²) in [6, 6.07) is 2.91. The van der Waals surface area contributed by atoms with E-state index in [-0.39, 0.29) is 23.7 Å². The lowest BCUT2D eigenvalue weighted by molar-refractivity contribution is -0.122. The third-order valence-corrected chi connectivity index (χ3v) is 3.16. The Bertz CT molecular complexity index is 599. The quantitative estimate of drug-likeness (QED) is 0.929. The van der Waals surface area contributed by atoms with E-state index in [1.54, 1.807) is 0 Å². The third-order valence-electron chi connectivity index (χ3n) is 3.16. The molecule has 1 aromatic rings. The minimum absolute atomic E-state index is 0.0592. The molecule has 1 aliphatic heterocycles. The van der Waals surface area contributed by atoms with Crippen molar-refractivity contribution in [3.8, 4) is 0 Å². The van der Waals surface area contributed by atoms with Crippen LogP contribution in [-0.2, 0) is 4.79 Å². The van der Waals surface area contributed by atoms with Crippen molar-refractivity contribution in [3.63, 3.8) is 0 Å². The second kappa shape index (κ2) is 5.90. The van der Waals surface area contributed by atoms with Gasteiger partial charge in [0.25, 0.3) is 0 Å². The fourth-order valence-corrected chi connectivity index (χ4v) is 2.25. The molecule has 1 heterocycles. The molecule has 5 nitrogen and oxygen atoms in total. The Hall–Kier alpha value is -2.18. The van der Waals surface area contributed by atoms with Crippen molar-refractivity contribution >= 4 is 17.6 Å². The molecule has 0 unspecified atom stereocenters. The standard InChI is InChI=1S/C15H19F2N3O2/c1-15(2,3)18-13(21)9-19-6-7-20(14(19)22)10-4-5-11(16)12(17)8-10/h4-5,8H,6-7,9H2,1-3H3,(H,18,21). The van der Waals surface area contributed by atoms with Crippen LogP contribution >= 0.6 is 0 Å². The van der Waals surface area contributed by atoms with E-state index in [1.165, 1.54) is 15.9 Å². The Kier molecular flexibility index (Phi) is 4.35. The van der Waals surface area contributed by atoms with Crippen molar-refractivity contribution in [1.82, 2.24) is 10.2 Å². The summed E-state index contributed by atoms with van der Waals surface area (Å²) in [5.74, 6) is -2.22. The number of urea groups is 1. The van der Waals surface area contributed by atoms with Crippen molar-refractivity contribution in [2.75, 3.05) is 24.5 Å². The number of anilines is 1. The largest absolute Gasteiger partial charge is 0.350 e. The molecule has 1 fully saturated rings. The van der Waals surface area contributed by atoms with Gasteiger partial charge in [-0.1, -0.05) is 0 Å². The minimum Gasteiger partial charge on any atom is -0.350 e. The van der Waals surface area contributed by atoms with Crippen LogP contribution < -0.4 is 10.2 Å². The van der Waals surface area contributed by atoms with Gasteiger partial charge in [0, 0.05) is 30.4 Å². The zero-order valence-corrected chi connectivity index (χ0v) is 12.8. The number of carbonyl (C=O) groups is 2. The number of amides is 3. The lowest BCUT2D eigenvalue weighted by Crippen LogP contribution is -2.46. The topological polar surface area (TPSA) is 52.7 Å². The van der Waals surface area contributed by atoms with Crippen molar-refractivity contribution < 1.29 is 18.4 Å². The first-order valence-corrected chi connectivity index (χ1v) is 7.00. The highest BCUT2D eigenvalue weighted by molar-refractivity contribution is 5.96. The number of hydrogen-bond acceptors (Lipinski definition) is 2. The van der Waals surface area contributed by atoms with Crippen molar-refractivity contribution in [2.45, 2.75) is 26.3 Å². The monoisotopic (exact) mass is 311 g/mol. The van der Waals surface area contributed by atoms with E-state index in [9.17, 15) is 18.4 Å². The van der Waals surface area contributed by atoms with E-state index in [0.29, 0.717) is 13.1 Å². The summed E-state index contributed by atoms with van der Waals surface area (Å²) in [6.07, 6.45) is 0. The molecule has 0 radical (unpaired) electrons. The second-order valence-corrected chi connectivity index (χ2v) is 6.25. The third kappa shape index (κ3) is 3.72. The Morgan fingerprint density at radius 2 is 1.91 bits per heavy atom. The van der Waals surface area contributed by atoms with Crippen LogP contribution in [0.15, 0.2) is 18.2 Å². The summed E-state index contributed by atoms with van der Waals surface area (Å²) in [5.41, 5.74) is -0.0952. The zero-order valence-electron chi connectivity index (χ0n) is 12.8. The van der Waals surface area contributed by atoms with Crippen molar-refractivity contribution in [1.29, 1.82) is 0 Å². The fraction of sp³-hybridized carbons (Fsp3) is 0.467. The van der Waals surface area contributed by atoms with Gasteiger partial charge in [0.1, 0.15) is 6.54 Å². The minimum atomic E-state index is -1.01. The molecule has 0 atom stereocenters. The van der Waals surface area contributed by atoms with Crippen LogP contribution in [0.25, 0.3) is 0 Å². The Labute approximate surface area is 127 Å². The van der Waals surface area contributed by atoms with E-state index in [1.807, 2.05) is 20.8 Å². The number of rotatable bonds is 3. The van der Waals surface area contributed by atoms with Crippen LogP contribution in [0.2, 0.25) is 0 Å². The Balaban J connectivity index is 2.03. The predicted molar refractivity (Wildman–Crippen MR) is 78.6 cm³/mol. The van der Waals surface area contributed by atoms with Crippen molar-refractivity contribution in [2.24, 2.45) is 0 Å². The van der Waals surface area contributed by atoms with Gasteiger partial charge in [-0.25, -0.2) is 13.6 Å². The molecule has 0 aromatic heterocycles. The summed E-state index contributed by atoms with van der Waals surface area (Å²) < 4.78 is 26.2. The number of carbonyl (C=O) groups excluding carboxylic acids is 2. The molecule has 0 saturated carbocycles. The maximum atomic E-state index is 13.3. The van der Waals surface area contributed by atoms with E-state index in [4.69, 9.17) is 0 Å². The summed E-state index contributed by atoms with van der Waals surface area (Å²) in [6.45, 7) is 6.18. The second-order valence-electron chi connectivity index (χ2n) is 6.25. The highest BCUT2D eigenvalue weighted by atomic mass is 19.2. The number of benzene rings is 1. The van der Waals surface area contributed by atoms with Gasteiger partial charge < -0.3 is 10.2 Å². The first-order valence-electron chi connectivity index (χ1n) is 7.00. The lowest BCUT2D eigenvalue weighted by Gasteiger charge is -2.23. The maximum Gasteiger partial charge on any atom is 0.325 e. The summed E-state index contributed by atoms with van der Waals surface area (Å²) in [7, 11) is 0. The van der Waals surface area contributed by atoms with E-state index in [2.05, 4.69) is 5.32 Å². The van der Waals surface area contributed by atoms with Gasteiger partial charge in [0.05, 0.1) is 0 Å². The van der Waals surface area contributed by atoms with Crippen LogP contribution in [0, 0.1) is 11.6 Å². The zero-order chi connectivity index (χ0) is 16.5. The molecule has 1 aliphatic rings. The lowest BCUT2D eigenvalue weighted by atomic mass is 10.1. The molecule has 0 spiro atoms. The van der Waals surface area contributed by atoms with Gasteiger partial charge in [-0.3, -0.25) is 9.69 Å². The van der Waals surface area contributed by atoms with Gasteiger partial charge in [-0.15, -0.1) is 0 Å². The molecule has 22 heavy (non-hydrogen) atoms. The van der Waals surface area contributed by atoms with E-state index in [0.717, 1.165) is 12.1 Å². The maximum absolute atomic E-state index is 13.3. The number of hydrogen-bond donors (Lipinski definition) is 1. The average molecular weight is 311 g/mol. The van der Waals surface area contributed by atoms with Gasteiger partial charge in [-0.05, 0) is 32.9 Å². The molecule has 3 amide bonds. The smallest absolute Gasteiger partial charge is 0.325 e. The molecule has 7 heteroatoms. The number of nitrogens with zero attached hydrogens (tertiary/aromatic N) is 2. The molecule has 0 bridgehead atoms. The highest BCUT2D eigenvalue weighted by Crippen LogP contribution is 2.22. The van der Waals surface area contributed by atoms with Crippen LogP contribution in [0.4, 0.5) is 19.3 Å². The molecular weight excluding hydrogens is 292 g/mol. The molecule has 1 aromatic carbocycles. The van der Waals surface area contributed by atoms with Crippen LogP contribution in [-0.4, -0.2) is 42.0 Å². The first kappa shape index (κ1) is 16.2. The van der Waals surface area contributed by atoms with E-state index < -0.39 is 17.7 Å². The van der Waals surface area contributed by atoms with Crippen molar-refractivity contribution in [3.05, 3.63) is 29.8 Å². The predicted octanol–water partition coefficient (Wildman–Crippen LogP) is 2.12. The molecule has 0 aliphatic carbocycles. The Morgan fingerprint density at radius 3 is 2.50 bits per heavy atom. The number of nitrogens with one attached hydrogen (secondary N) is 1. The van der Waals surface area contributed by atoms with Gasteiger partial charge in [0.2, 0.25) is 5.91 Å². The summed E-state index contributed by atoms with van der Waals surface area (Å²) >= 11 is 0. The fourth-order valence-electron chi connectivity index (χ4n) is 2.25. The van der Waals surface area contributed by atoms with Gasteiger partial charge in [0.15, 0.2) is 11.6 Å². The molecular formula is C15H19F2N3O2. The normalized spacial score (nSPS) is 15.4. The average Bonchev–Trinajstić information content (AvgIpc) is 2.72. The highest BCUT2D eigenvalue weighted by Gasteiger charge is 2.31. The first-order chi connectivity index (χ1) is 10.2. The summed E-state index contributed by atoms with van der Waals surface area (Å²) in [5, 5.41) is 2.78. The SMILES string of the molecule is CC(C)(C)NC(=O)CN1CCN(c2ccc(F)c(F)c2)C1=O. The van der Waals surface area contributed by atoms with Gasteiger partial charge in [-0.2, -0.15) is 0 Å². The molecule has 120 valence electrons. The molecule has 2 rings (SSSR count). The van der Waals surface area contributed by atoms with Crippen LogP contribution in [0.1, 0.15) is 20.8 Å². The number of halogens is 2. The van der Waals surface area contributed by atoms with Crippen LogP contribution in [0.5, 0.6) is 0 Å². The summed E-state index contributed by atoms with van der Waals surface area (Å²) in [4.78, 5) is 26.8.